The summed E-state index contributed by atoms with van der Waals surface area (Å²) in [6.07, 6.45) is 5.97. The molecule has 0 saturated heterocycles. The number of ether oxygens (including phenoxy) is 1. The summed E-state index contributed by atoms with van der Waals surface area (Å²) < 4.78 is 10.3. The molecule has 0 unspecified atom stereocenters. The summed E-state index contributed by atoms with van der Waals surface area (Å²) in [5, 5.41) is 6.56. The number of halogens is 1. The highest BCUT2D eigenvalue weighted by Gasteiger charge is 1.98. The molecule has 1 aromatic heterocycles. The molecule has 5 nitrogen and oxygen atoms in total. The van der Waals surface area contributed by atoms with Crippen LogP contribution < -0.4 is 10.6 Å². The van der Waals surface area contributed by atoms with Gasteiger partial charge in [0.15, 0.2) is 5.96 Å². The normalized spacial score (nSPS) is 11.0. The fourth-order valence-corrected chi connectivity index (χ4v) is 1.73. The molecule has 1 aromatic rings. The molecule has 0 aliphatic heterocycles. The van der Waals surface area contributed by atoms with E-state index in [1.165, 1.54) is 6.42 Å². The van der Waals surface area contributed by atoms with Gasteiger partial charge in [0, 0.05) is 40.3 Å². The van der Waals surface area contributed by atoms with Crippen molar-refractivity contribution in [1.82, 2.24) is 10.6 Å². The molecular weight excluding hydrogens is 369 g/mol. The molecule has 0 spiro atoms. The maximum Gasteiger partial charge on any atom is 0.190 e. The number of methoxy groups -OCH3 is 1. The number of nitrogens with one attached hydrogen (secondary N) is 2. The average molecular weight is 395 g/mol. The molecule has 0 saturated carbocycles. The molecule has 20 heavy (non-hydrogen) atoms. The lowest BCUT2D eigenvalue weighted by Crippen LogP contribution is -2.38. The van der Waals surface area contributed by atoms with Crippen LogP contribution in [0, 0.1) is 0 Å². The third-order valence-corrected chi connectivity index (χ3v) is 2.79. The number of nitrogens with zero attached hydrogens (tertiary/aromatic N) is 1. The molecule has 0 aliphatic carbocycles. The predicted octanol–water partition coefficient (Wildman–Crippen LogP) is 2.42. The van der Waals surface area contributed by atoms with Gasteiger partial charge >= 0.3 is 0 Å². The van der Waals surface area contributed by atoms with Crippen LogP contribution in [0.2, 0.25) is 0 Å². The molecule has 0 fully saturated rings. The van der Waals surface area contributed by atoms with Crippen molar-refractivity contribution in [2.24, 2.45) is 4.99 Å². The van der Waals surface area contributed by atoms with Gasteiger partial charge in [-0.15, -0.1) is 24.0 Å². The van der Waals surface area contributed by atoms with Crippen LogP contribution >= 0.6 is 24.0 Å². The van der Waals surface area contributed by atoms with Crippen molar-refractivity contribution in [1.29, 1.82) is 0 Å². The van der Waals surface area contributed by atoms with E-state index < -0.39 is 0 Å². The van der Waals surface area contributed by atoms with Crippen LogP contribution in [-0.2, 0) is 11.2 Å². The minimum absolute atomic E-state index is 0. The Morgan fingerprint density at radius 2 is 2.05 bits per heavy atom. The van der Waals surface area contributed by atoms with Crippen molar-refractivity contribution in [3.63, 3.8) is 0 Å². The van der Waals surface area contributed by atoms with Gasteiger partial charge in [-0.2, -0.15) is 0 Å². The highest BCUT2D eigenvalue weighted by atomic mass is 127. The molecule has 0 aromatic carbocycles. The summed E-state index contributed by atoms with van der Waals surface area (Å²) in [4.78, 5) is 4.18. The molecule has 0 amide bonds. The van der Waals surface area contributed by atoms with Crippen LogP contribution in [0.1, 0.15) is 25.0 Å². The van der Waals surface area contributed by atoms with Crippen LogP contribution in [0.4, 0.5) is 0 Å². The number of hydrogen-bond donors (Lipinski definition) is 2. The zero-order chi connectivity index (χ0) is 13.8. The van der Waals surface area contributed by atoms with Gasteiger partial charge in [-0.25, -0.2) is 0 Å². The molecular formula is C14H26IN3O2. The molecule has 0 atom stereocenters. The van der Waals surface area contributed by atoms with Gasteiger partial charge < -0.3 is 19.8 Å². The van der Waals surface area contributed by atoms with Gasteiger partial charge in [0.2, 0.25) is 0 Å². The lowest BCUT2D eigenvalue weighted by atomic mass is 10.2. The standard InChI is InChI=1S/C14H25N3O2.HI/c1-15-14(16-9-4-3-5-11-18-2)17-10-8-13-7-6-12-19-13;/h6-7,12H,3-5,8-11H2,1-2H3,(H2,15,16,17);1H. The highest BCUT2D eigenvalue weighted by molar-refractivity contribution is 14.0. The van der Waals surface area contributed by atoms with E-state index in [0.29, 0.717) is 0 Å². The summed E-state index contributed by atoms with van der Waals surface area (Å²) in [6, 6.07) is 3.89. The van der Waals surface area contributed by atoms with Crippen molar-refractivity contribution >= 4 is 29.9 Å². The maximum absolute atomic E-state index is 5.27. The third kappa shape index (κ3) is 9.19. The van der Waals surface area contributed by atoms with Gasteiger partial charge in [0.1, 0.15) is 5.76 Å². The van der Waals surface area contributed by atoms with Crippen LogP contribution in [0.15, 0.2) is 27.8 Å². The van der Waals surface area contributed by atoms with Gasteiger partial charge in [-0.3, -0.25) is 4.99 Å². The maximum atomic E-state index is 5.27. The summed E-state index contributed by atoms with van der Waals surface area (Å²) in [7, 11) is 3.52. The lowest BCUT2D eigenvalue weighted by Gasteiger charge is -2.11. The molecule has 0 aliphatic rings. The van der Waals surface area contributed by atoms with Crippen molar-refractivity contribution in [3.05, 3.63) is 24.2 Å². The Morgan fingerprint density at radius 1 is 1.25 bits per heavy atom. The minimum Gasteiger partial charge on any atom is -0.469 e. The second-order valence-electron chi connectivity index (χ2n) is 4.31. The molecule has 1 rings (SSSR count). The summed E-state index contributed by atoms with van der Waals surface area (Å²) in [5.74, 6) is 1.83. The monoisotopic (exact) mass is 395 g/mol. The van der Waals surface area contributed by atoms with E-state index in [1.807, 2.05) is 12.1 Å². The SMILES string of the molecule is CN=C(NCCCCCOC)NCCc1ccco1.I. The largest absolute Gasteiger partial charge is 0.469 e. The van der Waals surface area contributed by atoms with Crippen LogP contribution in [0.3, 0.4) is 0 Å². The summed E-state index contributed by atoms with van der Waals surface area (Å²) in [5.41, 5.74) is 0. The Morgan fingerprint density at radius 3 is 2.70 bits per heavy atom. The summed E-state index contributed by atoms with van der Waals surface area (Å²) in [6.45, 7) is 2.59. The molecule has 2 N–H and O–H groups in total. The number of furan rings is 1. The van der Waals surface area contributed by atoms with E-state index in [4.69, 9.17) is 9.15 Å². The fraction of sp³-hybridized carbons (Fsp3) is 0.643. The Balaban J connectivity index is 0.00000361. The van der Waals surface area contributed by atoms with Crippen LogP contribution in [-0.4, -0.2) is 39.8 Å². The second kappa shape index (κ2) is 13.2. The Hall–Kier alpha value is -0.760. The van der Waals surface area contributed by atoms with Crippen LogP contribution in [0.25, 0.3) is 0 Å². The highest BCUT2D eigenvalue weighted by Crippen LogP contribution is 1.99. The number of hydrogen-bond acceptors (Lipinski definition) is 3. The van der Waals surface area contributed by atoms with Crippen molar-refractivity contribution in [3.8, 4) is 0 Å². The smallest absolute Gasteiger partial charge is 0.190 e. The van der Waals surface area contributed by atoms with Gasteiger partial charge in [0.25, 0.3) is 0 Å². The van der Waals surface area contributed by atoms with Gasteiger partial charge in [-0.05, 0) is 31.4 Å². The fourth-order valence-electron chi connectivity index (χ4n) is 1.73. The molecule has 116 valence electrons. The number of rotatable bonds is 9. The van der Waals surface area contributed by atoms with Crippen molar-refractivity contribution in [2.45, 2.75) is 25.7 Å². The van der Waals surface area contributed by atoms with E-state index in [1.54, 1.807) is 20.4 Å². The molecule has 0 bridgehead atoms. The zero-order valence-electron chi connectivity index (χ0n) is 12.4. The number of guanidine groups is 1. The predicted molar refractivity (Wildman–Crippen MR) is 92.9 cm³/mol. The topological polar surface area (TPSA) is 58.8 Å². The quantitative estimate of drug-likeness (QED) is 0.292. The molecule has 1 heterocycles. The Kier molecular flexibility index (Phi) is 12.7. The lowest BCUT2D eigenvalue weighted by molar-refractivity contribution is 0.192. The van der Waals surface area contributed by atoms with Crippen LogP contribution in [0.5, 0.6) is 0 Å². The number of unbranched alkanes of at least 4 members (excludes halogenated alkanes) is 2. The first-order valence-corrected chi connectivity index (χ1v) is 6.82. The van der Waals surface area contributed by atoms with E-state index in [0.717, 1.165) is 50.7 Å². The van der Waals surface area contributed by atoms with Gasteiger partial charge in [0.05, 0.1) is 6.26 Å². The summed E-state index contributed by atoms with van der Waals surface area (Å²) >= 11 is 0. The van der Waals surface area contributed by atoms with E-state index >= 15 is 0 Å². The van der Waals surface area contributed by atoms with E-state index in [-0.39, 0.29) is 24.0 Å². The van der Waals surface area contributed by atoms with Crippen molar-refractivity contribution in [2.75, 3.05) is 33.9 Å². The molecule has 0 radical (unpaired) electrons. The zero-order valence-corrected chi connectivity index (χ0v) is 14.7. The average Bonchev–Trinajstić information content (AvgIpc) is 2.93. The Bertz CT molecular complexity index is 342. The molecule has 6 heteroatoms. The third-order valence-electron chi connectivity index (χ3n) is 2.79. The van der Waals surface area contributed by atoms with E-state index in [2.05, 4.69) is 15.6 Å². The minimum atomic E-state index is 0. The van der Waals surface area contributed by atoms with E-state index in [9.17, 15) is 0 Å². The first kappa shape index (κ1) is 19.2. The van der Waals surface area contributed by atoms with Crippen molar-refractivity contribution < 1.29 is 9.15 Å². The first-order valence-electron chi connectivity index (χ1n) is 6.82. The number of aliphatic imine (C=N–C) groups is 1. The first-order chi connectivity index (χ1) is 9.36. The Labute approximate surface area is 138 Å². The second-order valence-corrected chi connectivity index (χ2v) is 4.31. The van der Waals surface area contributed by atoms with Gasteiger partial charge in [-0.1, -0.05) is 0 Å².